The van der Waals surface area contributed by atoms with E-state index in [2.05, 4.69) is 20.7 Å². The molecular formula is C14H12BrF3N2O4. The summed E-state index contributed by atoms with van der Waals surface area (Å²) < 4.78 is 45.3. The van der Waals surface area contributed by atoms with Gasteiger partial charge >= 0.3 is 6.36 Å². The lowest BCUT2D eigenvalue weighted by Gasteiger charge is -2.44. The van der Waals surface area contributed by atoms with Crippen molar-refractivity contribution in [3.8, 4) is 5.75 Å². The summed E-state index contributed by atoms with van der Waals surface area (Å²) in [5.41, 5.74) is 0.193. The summed E-state index contributed by atoms with van der Waals surface area (Å²) in [6.45, 7) is 1.82. The van der Waals surface area contributed by atoms with Crippen molar-refractivity contribution in [3.05, 3.63) is 24.3 Å². The van der Waals surface area contributed by atoms with Gasteiger partial charge in [0.2, 0.25) is 12.1 Å². The summed E-state index contributed by atoms with van der Waals surface area (Å²) >= 11 is 3.24. The molecule has 10 heteroatoms. The second-order valence-electron chi connectivity index (χ2n) is 5.59. The summed E-state index contributed by atoms with van der Waals surface area (Å²) in [7, 11) is 0. The molecule has 2 aliphatic rings. The molecule has 2 amide bonds. The van der Waals surface area contributed by atoms with Crippen molar-refractivity contribution in [1.82, 2.24) is 4.90 Å². The first kappa shape index (κ1) is 17.0. The fourth-order valence-electron chi connectivity index (χ4n) is 2.54. The number of amides is 2. The molecule has 0 aliphatic carbocycles. The number of likely N-dealkylation sites (tertiary alicyclic amines) is 1. The molecule has 2 saturated heterocycles. The van der Waals surface area contributed by atoms with Gasteiger partial charge in [-0.25, -0.2) is 0 Å². The summed E-state index contributed by atoms with van der Waals surface area (Å²) in [5.74, 6) is -1.24. The molecule has 0 N–H and O–H groups in total. The van der Waals surface area contributed by atoms with Gasteiger partial charge in [-0.1, -0.05) is 22.0 Å². The van der Waals surface area contributed by atoms with Crippen LogP contribution >= 0.6 is 15.9 Å². The van der Waals surface area contributed by atoms with E-state index in [4.69, 9.17) is 4.74 Å². The molecular weight excluding hydrogens is 397 g/mol. The number of carbonyl (C=O) groups is 2. The third-order valence-electron chi connectivity index (χ3n) is 3.66. The maximum Gasteiger partial charge on any atom is 0.573 e. The molecule has 1 aromatic carbocycles. The van der Waals surface area contributed by atoms with E-state index in [9.17, 15) is 22.8 Å². The number of anilines is 1. The molecule has 3 rings (SSSR count). The van der Waals surface area contributed by atoms with Crippen LogP contribution in [0.15, 0.2) is 24.3 Å². The molecule has 0 aromatic heterocycles. The number of β-lactam (4-membered cyclic amide) rings is 1. The monoisotopic (exact) mass is 408 g/mol. The molecule has 24 heavy (non-hydrogen) atoms. The second-order valence-corrected chi connectivity index (χ2v) is 7.34. The van der Waals surface area contributed by atoms with Gasteiger partial charge in [-0.3, -0.25) is 14.5 Å². The van der Waals surface area contributed by atoms with Crippen LogP contribution < -0.4 is 9.64 Å². The molecule has 0 radical (unpaired) electrons. The van der Waals surface area contributed by atoms with Crippen molar-refractivity contribution in [2.24, 2.45) is 0 Å². The van der Waals surface area contributed by atoms with Crippen LogP contribution in [0.3, 0.4) is 0 Å². The zero-order valence-electron chi connectivity index (χ0n) is 12.3. The van der Waals surface area contributed by atoms with Crippen LogP contribution in [0.1, 0.15) is 6.92 Å². The van der Waals surface area contributed by atoms with Gasteiger partial charge in [-0.05, 0) is 19.1 Å². The number of ether oxygens (including phenoxy) is 2. The van der Waals surface area contributed by atoms with Gasteiger partial charge in [0.25, 0.3) is 5.91 Å². The normalized spacial score (nSPS) is 27.5. The van der Waals surface area contributed by atoms with Crippen molar-refractivity contribution < 1.29 is 32.2 Å². The van der Waals surface area contributed by atoms with E-state index in [-0.39, 0.29) is 18.3 Å². The quantitative estimate of drug-likeness (QED) is 0.568. The van der Waals surface area contributed by atoms with Crippen molar-refractivity contribution >= 4 is 33.4 Å². The maximum absolute atomic E-state index is 12.4. The second kappa shape index (κ2) is 5.62. The predicted molar refractivity (Wildman–Crippen MR) is 79.4 cm³/mol. The Bertz CT molecular complexity index is 695. The SMILES string of the molecule is CC1(Br)CN(C2OCN(c3cccc(OC(F)(F)F)c3)C2=O)C1=O. The Hall–Kier alpha value is -1.81. The lowest BCUT2D eigenvalue weighted by atomic mass is 10.0. The topological polar surface area (TPSA) is 59.1 Å². The van der Waals surface area contributed by atoms with E-state index in [1.165, 1.54) is 17.0 Å². The Morgan fingerprint density at radius 3 is 2.67 bits per heavy atom. The largest absolute Gasteiger partial charge is 0.573 e. The van der Waals surface area contributed by atoms with Gasteiger partial charge in [0, 0.05) is 18.3 Å². The summed E-state index contributed by atoms with van der Waals surface area (Å²) in [6.07, 6.45) is -5.90. The Kier molecular flexibility index (Phi) is 3.99. The highest BCUT2D eigenvalue weighted by atomic mass is 79.9. The van der Waals surface area contributed by atoms with Gasteiger partial charge in [-0.15, -0.1) is 13.2 Å². The van der Waals surface area contributed by atoms with E-state index in [1.807, 2.05) is 0 Å². The number of rotatable bonds is 3. The molecule has 6 nitrogen and oxygen atoms in total. The molecule has 130 valence electrons. The van der Waals surface area contributed by atoms with Crippen LogP contribution in [0.4, 0.5) is 18.9 Å². The lowest BCUT2D eigenvalue weighted by Crippen LogP contribution is -2.66. The van der Waals surface area contributed by atoms with Gasteiger partial charge in [0.15, 0.2) is 0 Å². The molecule has 0 saturated carbocycles. The molecule has 2 heterocycles. The van der Waals surface area contributed by atoms with E-state index in [0.717, 1.165) is 17.0 Å². The lowest BCUT2D eigenvalue weighted by molar-refractivity contribution is -0.274. The fraction of sp³-hybridized carbons (Fsp3) is 0.429. The minimum atomic E-state index is -4.82. The van der Waals surface area contributed by atoms with Crippen LogP contribution in [0, 0.1) is 0 Å². The van der Waals surface area contributed by atoms with Crippen molar-refractivity contribution in [2.75, 3.05) is 18.2 Å². The highest BCUT2D eigenvalue weighted by Crippen LogP contribution is 2.36. The van der Waals surface area contributed by atoms with E-state index in [1.54, 1.807) is 6.92 Å². The van der Waals surface area contributed by atoms with E-state index < -0.39 is 28.6 Å². The Labute approximate surface area is 143 Å². The van der Waals surface area contributed by atoms with Crippen molar-refractivity contribution in [3.63, 3.8) is 0 Å². The number of nitrogens with zero attached hydrogens (tertiary/aromatic N) is 2. The molecule has 1 aromatic rings. The van der Waals surface area contributed by atoms with Crippen LogP contribution in [-0.2, 0) is 14.3 Å². The minimum Gasteiger partial charge on any atom is -0.406 e. The molecule has 2 fully saturated rings. The molecule has 0 bridgehead atoms. The van der Waals surface area contributed by atoms with Crippen LogP contribution in [0.2, 0.25) is 0 Å². The summed E-state index contributed by atoms with van der Waals surface area (Å²) in [5, 5.41) is 0. The third-order valence-corrected chi connectivity index (χ3v) is 4.25. The Morgan fingerprint density at radius 1 is 1.38 bits per heavy atom. The molecule has 2 atom stereocenters. The van der Waals surface area contributed by atoms with Crippen LogP contribution in [-0.4, -0.2) is 46.9 Å². The smallest absolute Gasteiger partial charge is 0.406 e. The van der Waals surface area contributed by atoms with E-state index >= 15 is 0 Å². The van der Waals surface area contributed by atoms with Gasteiger partial charge in [0.1, 0.15) is 16.8 Å². The molecule has 2 aliphatic heterocycles. The van der Waals surface area contributed by atoms with Crippen LogP contribution in [0.25, 0.3) is 0 Å². The molecule has 2 unspecified atom stereocenters. The number of carbonyl (C=O) groups excluding carboxylic acids is 2. The number of alkyl halides is 4. The maximum atomic E-state index is 12.4. The average molecular weight is 409 g/mol. The number of hydrogen-bond acceptors (Lipinski definition) is 4. The minimum absolute atomic E-state index is 0.165. The van der Waals surface area contributed by atoms with Crippen LogP contribution in [0.5, 0.6) is 5.75 Å². The number of benzene rings is 1. The number of halogens is 4. The van der Waals surface area contributed by atoms with Gasteiger partial charge in [-0.2, -0.15) is 0 Å². The Balaban J connectivity index is 1.74. The first-order valence-corrected chi connectivity index (χ1v) is 7.66. The zero-order chi connectivity index (χ0) is 17.7. The highest BCUT2D eigenvalue weighted by Gasteiger charge is 2.53. The molecule has 0 spiro atoms. The van der Waals surface area contributed by atoms with Crippen molar-refractivity contribution in [2.45, 2.75) is 23.8 Å². The predicted octanol–water partition coefficient (Wildman–Crippen LogP) is 2.23. The average Bonchev–Trinajstić information content (AvgIpc) is 2.84. The highest BCUT2D eigenvalue weighted by molar-refractivity contribution is 9.10. The first-order valence-electron chi connectivity index (χ1n) is 6.87. The standard InChI is InChI=1S/C14H12BrF3N2O4/c1-13(15)6-19(12(13)22)11-10(21)20(7-23-11)8-3-2-4-9(5-8)24-14(16,17)18/h2-5,11H,6-7H2,1H3. The third kappa shape index (κ3) is 3.07. The van der Waals surface area contributed by atoms with E-state index in [0.29, 0.717) is 6.54 Å². The fourth-order valence-corrected chi connectivity index (χ4v) is 3.04. The zero-order valence-corrected chi connectivity index (χ0v) is 13.9. The van der Waals surface area contributed by atoms with Gasteiger partial charge in [0.05, 0.1) is 0 Å². The summed E-state index contributed by atoms with van der Waals surface area (Å²) in [4.78, 5) is 26.8. The number of hydrogen-bond donors (Lipinski definition) is 0. The first-order chi connectivity index (χ1) is 11.1. The van der Waals surface area contributed by atoms with Gasteiger partial charge < -0.3 is 14.4 Å². The summed E-state index contributed by atoms with van der Waals surface area (Å²) in [6, 6.07) is 5.01. The Morgan fingerprint density at radius 2 is 2.08 bits per heavy atom. The van der Waals surface area contributed by atoms with Crippen molar-refractivity contribution in [1.29, 1.82) is 0 Å².